The van der Waals surface area contributed by atoms with Gasteiger partial charge in [-0.15, -0.1) is 0 Å². The third-order valence-corrected chi connectivity index (χ3v) is 4.82. The van der Waals surface area contributed by atoms with Gasteiger partial charge in [-0.1, -0.05) is 36.4 Å². The Morgan fingerprint density at radius 1 is 1.08 bits per heavy atom. The third kappa shape index (κ3) is 3.07. The first-order valence-corrected chi connectivity index (χ1v) is 8.59. The summed E-state index contributed by atoms with van der Waals surface area (Å²) in [6.07, 6.45) is 1.97. The van der Waals surface area contributed by atoms with Crippen LogP contribution in [0.15, 0.2) is 54.9 Å². The number of nitrogens with zero attached hydrogens (tertiary/aromatic N) is 3. The van der Waals surface area contributed by atoms with Crippen LogP contribution in [0.5, 0.6) is 0 Å². The van der Waals surface area contributed by atoms with Crippen LogP contribution in [0.4, 0.5) is 0 Å². The molecule has 0 radical (unpaired) electrons. The van der Waals surface area contributed by atoms with E-state index < -0.39 is 0 Å². The summed E-state index contributed by atoms with van der Waals surface area (Å²) in [6.45, 7) is 6.60. The summed E-state index contributed by atoms with van der Waals surface area (Å²) in [5.74, 6) is 0. The van der Waals surface area contributed by atoms with Crippen molar-refractivity contribution in [1.29, 1.82) is 0 Å². The van der Waals surface area contributed by atoms with Gasteiger partial charge in [-0.2, -0.15) is 0 Å². The molecule has 4 nitrogen and oxygen atoms in total. The number of morpholine rings is 1. The van der Waals surface area contributed by atoms with Crippen molar-refractivity contribution in [3.8, 4) is 0 Å². The minimum Gasteiger partial charge on any atom is -0.379 e. The minimum atomic E-state index is 0.341. The van der Waals surface area contributed by atoms with E-state index in [9.17, 15) is 0 Å². The first kappa shape index (κ1) is 15.4. The second-order valence-corrected chi connectivity index (χ2v) is 6.46. The van der Waals surface area contributed by atoms with Gasteiger partial charge in [0.15, 0.2) is 0 Å². The summed E-state index contributed by atoms with van der Waals surface area (Å²) in [5.41, 5.74) is 4.88. The Bertz CT molecular complexity index is 806. The molecular weight excluding hydrogens is 298 g/mol. The quantitative estimate of drug-likeness (QED) is 0.737. The molecule has 1 unspecified atom stereocenters. The topological polar surface area (TPSA) is 30.3 Å². The first-order chi connectivity index (χ1) is 11.8. The van der Waals surface area contributed by atoms with E-state index in [0.717, 1.165) is 38.4 Å². The van der Waals surface area contributed by atoms with E-state index in [-0.39, 0.29) is 0 Å². The Morgan fingerprint density at radius 3 is 2.67 bits per heavy atom. The largest absolute Gasteiger partial charge is 0.379 e. The van der Waals surface area contributed by atoms with Crippen molar-refractivity contribution < 1.29 is 4.74 Å². The molecule has 1 aromatic heterocycles. The summed E-state index contributed by atoms with van der Waals surface area (Å²) >= 11 is 0. The fraction of sp³-hybridized carbons (Fsp3) is 0.350. The lowest BCUT2D eigenvalue weighted by molar-refractivity contribution is 0.0125. The molecule has 2 heterocycles. The maximum absolute atomic E-state index is 5.54. The molecule has 3 aromatic rings. The molecule has 124 valence electrons. The van der Waals surface area contributed by atoms with Gasteiger partial charge in [0.1, 0.15) is 0 Å². The maximum Gasteiger partial charge on any atom is 0.0958 e. The van der Waals surface area contributed by atoms with E-state index in [1.165, 1.54) is 16.6 Å². The van der Waals surface area contributed by atoms with Crippen LogP contribution in [-0.4, -0.2) is 40.8 Å². The standard InChI is InChI=1S/C20H23N3O/c1-16-7-8-19-18(13-16)21-15-23(19)14-20(17-5-3-2-4-6-17)22-9-11-24-12-10-22/h2-8,13,15,20H,9-12,14H2,1H3. The minimum absolute atomic E-state index is 0.341. The lowest BCUT2D eigenvalue weighted by Gasteiger charge is -2.35. The average molecular weight is 321 g/mol. The zero-order valence-corrected chi connectivity index (χ0v) is 14.1. The molecule has 4 rings (SSSR count). The number of rotatable bonds is 4. The van der Waals surface area contributed by atoms with E-state index in [1.54, 1.807) is 0 Å². The monoisotopic (exact) mass is 321 g/mol. The molecule has 1 aliphatic rings. The zero-order valence-electron chi connectivity index (χ0n) is 14.1. The Labute approximate surface area is 142 Å². The molecule has 1 aliphatic heterocycles. The van der Waals surface area contributed by atoms with Gasteiger partial charge in [0.05, 0.1) is 36.6 Å². The molecule has 1 fully saturated rings. The number of hydrogen-bond acceptors (Lipinski definition) is 3. The molecule has 0 saturated carbocycles. The van der Waals surface area contributed by atoms with Gasteiger partial charge in [0, 0.05) is 19.6 Å². The van der Waals surface area contributed by atoms with Crippen molar-refractivity contribution >= 4 is 11.0 Å². The van der Waals surface area contributed by atoms with Crippen molar-refractivity contribution in [2.24, 2.45) is 0 Å². The molecule has 2 aromatic carbocycles. The highest BCUT2D eigenvalue weighted by Crippen LogP contribution is 2.26. The number of aromatic nitrogens is 2. The fourth-order valence-corrected chi connectivity index (χ4v) is 3.50. The average Bonchev–Trinajstić information content (AvgIpc) is 3.03. The Morgan fingerprint density at radius 2 is 1.88 bits per heavy atom. The van der Waals surface area contributed by atoms with Gasteiger partial charge in [0.25, 0.3) is 0 Å². The van der Waals surface area contributed by atoms with Gasteiger partial charge in [0.2, 0.25) is 0 Å². The van der Waals surface area contributed by atoms with Crippen LogP contribution < -0.4 is 0 Å². The number of fused-ring (bicyclic) bond motifs is 1. The molecule has 0 bridgehead atoms. The normalized spacial score (nSPS) is 17.2. The highest BCUT2D eigenvalue weighted by Gasteiger charge is 2.23. The van der Waals surface area contributed by atoms with E-state index in [4.69, 9.17) is 4.74 Å². The van der Waals surface area contributed by atoms with E-state index in [2.05, 4.69) is 69.9 Å². The highest BCUT2D eigenvalue weighted by atomic mass is 16.5. The van der Waals surface area contributed by atoms with Crippen LogP contribution in [0.3, 0.4) is 0 Å². The molecule has 0 N–H and O–H groups in total. The number of hydrogen-bond donors (Lipinski definition) is 0. The van der Waals surface area contributed by atoms with Crippen LogP contribution in [0, 0.1) is 6.92 Å². The molecular formula is C20H23N3O. The smallest absolute Gasteiger partial charge is 0.0958 e. The van der Waals surface area contributed by atoms with Crippen molar-refractivity contribution in [3.63, 3.8) is 0 Å². The Hall–Kier alpha value is -2.17. The molecule has 4 heteroatoms. The lowest BCUT2D eigenvalue weighted by atomic mass is 10.0. The first-order valence-electron chi connectivity index (χ1n) is 8.59. The lowest BCUT2D eigenvalue weighted by Crippen LogP contribution is -2.40. The summed E-state index contributed by atoms with van der Waals surface area (Å²) in [6, 6.07) is 17.6. The van der Waals surface area contributed by atoms with Crippen LogP contribution in [0.2, 0.25) is 0 Å². The third-order valence-electron chi connectivity index (χ3n) is 4.82. The van der Waals surface area contributed by atoms with Gasteiger partial charge in [-0.05, 0) is 30.2 Å². The van der Waals surface area contributed by atoms with Crippen LogP contribution in [-0.2, 0) is 11.3 Å². The van der Waals surface area contributed by atoms with Gasteiger partial charge >= 0.3 is 0 Å². The SMILES string of the molecule is Cc1ccc2c(c1)ncn2CC(c1ccccc1)N1CCOCC1. The van der Waals surface area contributed by atoms with Crippen molar-refractivity contribution in [2.45, 2.75) is 19.5 Å². The molecule has 1 atom stereocenters. The molecule has 0 aliphatic carbocycles. The summed E-state index contributed by atoms with van der Waals surface area (Å²) in [5, 5.41) is 0. The number of ether oxygens (including phenoxy) is 1. The predicted molar refractivity (Wildman–Crippen MR) is 96.0 cm³/mol. The number of aryl methyl sites for hydroxylation is 1. The predicted octanol–water partition coefficient (Wildman–Crippen LogP) is 3.42. The Balaban J connectivity index is 1.67. The second-order valence-electron chi connectivity index (χ2n) is 6.46. The summed E-state index contributed by atoms with van der Waals surface area (Å²) in [4.78, 5) is 7.12. The molecule has 0 amide bonds. The van der Waals surface area contributed by atoms with Crippen molar-refractivity contribution in [1.82, 2.24) is 14.5 Å². The summed E-state index contributed by atoms with van der Waals surface area (Å²) < 4.78 is 7.82. The molecule has 24 heavy (non-hydrogen) atoms. The number of benzene rings is 2. The van der Waals surface area contributed by atoms with Crippen molar-refractivity contribution in [2.75, 3.05) is 26.3 Å². The van der Waals surface area contributed by atoms with Gasteiger partial charge < -0.3 is 9.30 Å². The van der Waals surface area contributed by atoms with Crippen LogP contribution >= 0.6 is 0 Å². The van der Waals surface area contributed by atoms with Gasteiger partial charge in [-0.3, -0.25) is 4.90 Å². The van der Waals surface area contributed by atoms with E-state index in [0.29, 0.717) is 6.04 Å². The molecule has 0 spiro atoms. The van der Waals surface area contributed by atoms with Gasteiger partial charge in [-0.25, -0.2) is 4.98 Å². The maximum atomic E-state index is 5.54. The second kappa shape index (κ2) is 6.75. The Kier molecular flexibility index (Phi) is 4.32. The molecule has 1 saturated heterocycles. The van der Waals surface area contributed by atoms with Crippen LogP contribution in [0.25, 0.3) is 11.0 Å². The zero-order chi connectivity index (χ0) is 16.4. The van der Waals surface area contributed by atoms with Crippen molar-refractivity contribution in [3.05, 3.63) is 66.0 Å². The number of imidazole rings is 1. The van der Waals surface area contributed by atoms with E-state index >= 15 is 0 Å². The summed E-state index contributed by atoms with van der Waals surface area (Å²) in [7, 11) is 0. The van der Waals surface area contributed by atoms with Crippen LogP contribution in [0.1, 0.15) is 17.2 Å². The highest BCUT2D eigenvalue weighted by molar-refractivity contribution is 5.76. The fourth-order valence-electron chi connectivity index (χ4n) is 3.50. The van der Waals surface area contributed by atoms with E-state index in [1.807, 2.05) is 6.33 Å².